The monoisotopic (exact) mass is 278 g/mol. The van der Waals surface area contributed by atoms with E-state index in [-0.39, 0.29) is 17.9 Å². The molecule has 0 fully saturated rings. The second-order valence-corrected chi connectivity index (χ2v) is 5.41. The highest BCUT2D eigenvalue weighted by atomic mass is 16.2. The molecule has 0 radical (unpaired) electrons. The van der Waals surface area contributed by atoms with Crippen molar-refractivity contribution < 1.29 is 9.59 Å². The van der Waals surface area contributed by atoms with Crippen LogP contribution in [-0.2, 0) is 6.42 Å². The number of nitrogens with one attached hydrogen (secondary N) is 1. The third-order valence-corrected chi connectivity index (χ3v) is 4.21. The van der Waals surface area contributed by atoms with Crippen molar-refractivity contribution in [3.63, 3.8) is 0 Å². The van der Waals surface area contributed by atoms with E-state index in [0.29, 0.717) is 11.1 Å². The zero-order chi connectivity index (χ0) is 14.4. The maximum atomic E-state index is 12.3. The number of benzene rings is 2. The number of nitrogens with zero attached hydrogens (tertiary/aromatic N) is 1. The summed E-state index contributed by atoms with van der Waals surface area (Å²) < 4.78 is 0. The number of amides is 2. The molecule has 4 rings (SSSR count). The van der Waals surface area contributed by atoms with Crippen LogP contribution >= 0.6 is 0 Å². The minimum atomic E-state index is -0.264. The Morgan fingerprint density at radius 1 is 0.905 bits per heavy atom. The molecule has 0 bridgehead atoms. The fourth-order valence-corrected chi connectivity index (χ4v) is 3.15. The van der Waals surface area contributed by atoms with Crippen LogP contribution in [0.2, 0.25) is 0 Å². The van der Waals surface area contributed by atoms with Gasteiger partial charge in [-0.25, -0.2) is 10.4 Å². The van der Waals surface area contributed by atoms with E-state index in [9.17, 15) is 9.59 Å². The van der Waals surface area contributed by atoms with Crippen molar-refractivity contribution in [3.05, 3.63) is 70.8 Å². The molecule has 2 aliphatic rings. The van der Waals surface area contributed by atoms with Crippen molar-refractivity contribution in [2.75, 3.05) is 0 Å². The van der Waals surface area contributed by atoms with E-state index in [1.807, 2.05) is 12.1 Å². The summed E-state index contributed by atoms with van der Waals surface area (Å²) in [5, 5.41) is 1.16. The molecule has 104 valence electrons. The van der Waals surface area contributed by atoms with Crippen molar-refractivity contribution >= 4 is 11.8 Å². The number of hydrogen-bond acceptors (Lipinski definition) is 3. The Hall–Kier alpha value is -2.46. The molecule has 1 heterocycles. The normalized spacial score (nSPS) is 19.8. The van der Waals surface area contributed by atoms with Gasteiger partial charge in [-0.3, -0.25) is 9.59 Å². The first-order chi connectivity index (χ1) is 10.3. The lowest BCUT2D eigenvalue weighted by atomic mass is 10.1. The summed E-state index contributed by atoms with van der Waals surface area (Å²) in [4.78, 5) is 24.7. The van der Waals surface area contributed by atoms with E-state index >= 15 is 0 Å². The lowest BCUT2D eigenvalue weighted by Crippen LogP contribution is -2.43. The maximum Gasteiger partial charge on any atom is 0.276 e. The predicted octanol–water partition coefficient (Wildman–Crippen LogP) is 2.47. The third kappa shape index (κ3) is 1.80. The number of rotatable bonds is 2. The second-order valence-electron chi connectivity index (χ2n) is 5.41. The molecular weight excluding hydrogens is 264 g/mol. The van der Waals surface area contributed by atoms with Gasteiger partial charge in [0.25, 0.3) is 11.8 Å². The average Bonchev–Trinajstić information content (AvgIpc) is 3.04. The van der Waals surface area contributed by atoms with E-state index in [2.05, 4.69) is 17.6 Å². The SMILES string of the molecule is O=C1c2ccccc2C(=O)N1NC1CCc2ccccc21. The zero-order valence-corrected chi connectivity index (χ0v) is 11.4. The zero-order valence-electron chi connectivity index (χ0n) is 11.4. The van der Waals surface area contributed by atoms with Gasteiger partial charge in [0, 0.05) is 0 Å². The minimum Gasteiger partial charge on any atom is -0.267 e. The Kier molecular flexibility index (Phi) is 2.65. The molecule has 1 unspecified atom stereocenters. The molecular formula is C17H14N2O2. The van der Waals surface area contributed by atoms with E-state index in [0.717, 1.165) is 17.9 Å². The fraction of sp³-hybridized carbons (Fsp3) is 0.176. The van der Waals surface area contributed by atoms with Crippen molar-refractivity contribution in [2.45, 2.75) is 18.9 Å². The van der Waals surface area contributed by atoms with Crippen molar-refractivity contribution in [3.8, 4) is 0 Å². The van der Waals surface area contributed by atoms with Crippen LogP contribution in [-0.4, -0.2) is 16.8 Å². The van der Waals surface area contributed by atoms with Crippen LogP contribution in [0.25, 0.3) is 0 Å². The lowest BCUT2D eigenvalue weighted by Gasteiger charge is -2.21. The van der Waals surface area contributed by atoms with Crippen LogP contribution in [0.15, 0.2) is 48.5 Å². The van der Waals surface area contributed by atoms with E-state index in [4.69, 9.17) is 0 Å². The van der Waals surface area contributed by atoms with Crippen LogP contribution in [0.5, 0.6) is 0 Å². The van der Waals surface area contributed by atoms with E-state index in [1.165, 1.54) is 11.1 Å². The highest BCUT2D eigenvalue weighted by Crippen LogP contribution is 2.32. The summed E-state index contributed by atoms with van der Waals surface area (Å²) in [7, 11) is 0. The summed E-state index contributed by atoms with van der Waals surface area (Å²) in [6, 6.07) is 15.1. The van der Waals surface area contributed by atoms with Gasteiger partial charge in [0.1, 0.15) is 0 Å². The van der Waals surface area contributed by atoms with Crippen molar-refractivity contribution in [2.24, 2.45) is 0 Å². The first-order valence-corrected chi connectivity index (χ1v) is 7.07. The lowest BCUT2D eigenvalue weighted by molar-refractivity contribution is 0.0533. The second kappa shape index (κ2) is 4.53. The Morgan fingerprint density at radius 3 is 2.24 bits per heavy atom. The van der Waals surface area contributed by atoms with E-state index in [1.54, 1.807) is 24.3 Å². The topological polar surface area (TPSA) is 49.4 Å². The standard InChI is InChI=1S/C17H14N2O2/c20-16-13-7-3-4-8-14(13)17(21)19(16)18-15-10-9-11-5-1-2-6-12(11)15/h1-8,15,18H,9-10H2. The third-order valence-electron chi connectivity index (χ3n) is 4.21. The van der Waals surface area contributed by atoms with Gasteiger partial charge in [-0.2, -0.15) is 0 Å². The highest BCUT2D eigenvalue weighted by molar-refractivity contribution is 6.20. The Morgan fingerprint density at radius 2 is 1.52 bits per heavy atom. The van der Waals surface area contributed by atoms with Gasteiger partial charge in [-0.15, -0.1) is 0 Å². The van der Waals surface area contributed by atoms with Gasteiger partial charge >= 0.3 is 0 Å². The summed E-state index contributed by atoms with van der Waals surface area (Å²) in [5.74, 6) is -0.528. The predicted molar refractivity (Wildman–Crippen MR) is 77.6 cm³/mol. The number of imide groups is 1. The Labute approximate surface area is 122 Å². The van der Waals surface area contributed by atoms with E-state index < -0.39 is 0 Å². The number of aryl methyl sites for hydroxylation is 1. The molecule has 21 heavy (non-hydrogen) atoms. The van der Waals surface area contributed by atoms with Crippen LogP contribution in [0.4, 0.5) is 0 Å². The quantitative estimate of drug-likeness (QED) is 0.859. The molecule has 4 heteroatoms. The van der Waals surface area contributed by atoms with Crippen molar-refractivity contribution in [1.29, 1.82) is 0 Å². The first-order valence-electron chi connectivity index (χ1n) is 7.07. The number of hydrazine groups is 1. The van der Waals surface area contributed by atoms with Crippen LogP contribution in [0.1, 0.15) is 44.3 Å². The molecule has 4 nitrogen and oxygen atoms in total. The molecule has 0 spiro atoms. The summed E-state index contributed by atoms with van der Waals surface area (Å²) in [6.07, 6.45) is 1.86. The van der Waals surface area contributed by atoms with Crippen LogP contribution in [0, 0.1) is 0 Å². The van der Waals surface area contributed by atoms with Gasteiger partial charge in [0.05, 0.1) is 17.2 Å². The molecule has 1 aliphatic heterocycles. The van der Waals surface area contributed by atoms with Crippen LogP contribution in [0.3, 0.4) is 0 Å². The first kappa shape index (κ1) is 12.3. The number of fused-ring (bicyclic) bond motifs is 2. The molecule has 2 aromatic carbocycles. The Bertz CT molecular complexity index is 719. The van der Waals surface area contributed by atoms with Gasteiger partial charge in [-0.05, 0) is 36.1 Å². The molecule has 2 amide bonds. The maximum absolute atomic E-state index is 12.3. The van der Waals surface area contributed by atoms with Crippen LogP contribution < -0.4 is 5.43 Å². The summed E-state index contributed by atoms with van der Waals surface area (Å²) >= 11 is 0. The summed E-state index contributed by atoms with van der Waals surface area (Å²) in [6.45, 7) is 0. The molecule has 0 aromatic heterocycles. The number of carbonyl (C=O) groups excluding carboxylic acids is 2. The number of carbonyl (C=O) groups is 2. The molecule has 2 aromatic rings. The molecule has 1 atom stereocenters. The molecule has 0 saturated carbocycles. The van der Waals surface area contributed by atoms with Crippen molar-refractivity contribution in [1.82, 2.24) is 10.4 Å². The fourth-order valence-electron chi connectivity index (χ4n) is 3.15. The average molecular weight is 278 g/mol. The van der Waals surface area contributed by atoms with Gasteiger partial charge in [-0.1, -0.05) is 36.4 Å². The van der Waals surface area contributed by atoms with Gasteiger partial charge in [0.2, 0.25) is 0 Å². The smallest absolute Gasteiger partial charge is 0.267 e. The minimum absolute atomic E-state index is 0.0170. The molecule has 1 N–H and O–H groups in total. The van der Waals surface area contributed by atoms with Gasteiger partial charge < -0.3 is 0 Å². The highest BCUT2D eigenvalue weighted by Gasteiger charge is 2.37. The Balaban J connectivity index is 1.63. The number of hydrogen-bond donors (Lipinski definition) is 1. The van der Waals surface area contributed by atoms with Gasteiger partial charge in [0.15, 0.2) is 0 Å². The summed E-state index contributed by atoms with van der Waals surface area (Å²) in [5.41, 5.74) is 6.52. The molecule has 1 aliphatic carbocycles. The largest absolute Gasteiger partial charge is 0.276 e. The molecule has 0 saturated heterocycles.